The van der Waals surface area contributed by atoms with E-state index in [0.717, 1.165) is 0 Å². The number of aromatic nitrogens is 1. The quantitative estimate of drug-likeness (QED) is 0.383. The number of nitrogens with one attached hydrogen (secondary N) is 1. The number of nitrogens with two attached hydrogens (primary N) is 1. The number of hydrogen-bond donors (Lipinski definition) is 2. The van der Waals surface area contributed by atoms with Crippen molar-refractivity contribution in [2.45, 2.75) is 6.92 Å². The fourth-order valence-electron chi connectivity index (χ4n) is 0.535. The SMILES string of the molecule is CC(=O)Oc1scnc1NN. The minimum atomic E-state index is -0.384. The van der Waals surface area contributed by atoms with Gasteiger partial charge in [0, 0.05) is 6.92 Å². The Labute approximate surface area is 67.2 Å². The number of esters is 1. The number of nitrogen functional groups attached to an aromatic ring is 1. The minimum Gasteiger partial charge on any atom is -0.411 e. The maximum absolute atomic E-state index is 10.5. The van der Waals surface area contributed by atoms with Crippen molar-refractivity contribution in [3.05, 3.63) is 5.51 Å². The van der Waals surface area contributed by atoms with Gasteiger partial charge < -0.3 is 10.2 Å². The van der Waals surface area contributed by atoms with E-state index in [1.165, 1.54) is 23.8 Å². The van der Waals surface area contributed by atoms with E-state index in [0.29, 0.717) is 10.9 Å². The van der Waals surface area contributed by atoms with Crippen LogP contribution < -0.4 is 16.0 Å². The number of ether oxygens (including phenoxy) is 1. The maximum atomic E-state index is 10.5. The molecule has 0 radical (unpaired) electrons. The summed E-state index contributed by atoms with van der Waals surface area (Å²) in [6.07, 6.45) is 0. The van der Waals surface area contributed by atoms with E-state index in [9.17, 15) is 4.79 Å². The topological polar surface area (TPSA) is 77.2 Å². The predicted octanol–water partition coefficient (Wildman–Crippen LogP) is 0.354. The van der Waals surface area contributed by atoms with E-state index < -0.39 is 0 Å². The summed E-state index contributed by atoms with van der Waals surface area (Å²) in [6.45, 7) is 1.32. The Hall–Kier alpha value is -1.14. The Bertz CT molecular complexity index is 260. The van der Waals surface area contributed by atoms with Gasteiger partial charge in [0.15, 0.2) is 5.82 Å². The lowest BCUT2D eigenvalue weighted by atomic mass is 10.7. The van der Waals surface area contributed by atoms with Crippen molar-refractivity contribution in [2.24, 2.45) is 5.84 Å². The Kier molecular flexibility index (Phi) is 2.40. The molecule has 0 saturated heterocycles. The summed E-state index contributed by atoms with van der Waals surface area (Å²) in [6, 6.07) is 0. The van der Waals surface area contributed by atoms with Crippen LogP contribution in [0.1, 0.15) is 6.92 Å². The largest absolute Gasteiger partial charge is 0.411 e. The summed E-state index contributed by atoms with van der Waals surface area (Å²) in [4.78, 5) is 14.3. The Morgan fingerprint density at radius 2 is 2.64 bits per heavy atom. The molecule has 60 valence electrons. The predicted molar refractivity (Wildman–Crippen MR) is 41.2 cm³/mol. The van der Waals surface area contributed by atoms with Crippen LogP contribution in [0.5, 0.6) is 5.06 Å². The van der Waals surface area contributed by atoms with Crippen molar-refractivity contribution in [3.8, 4) is 5.06 Å². The Balaban J connectivity index is 2.76. The molecule has 0 spiro atoms. The highest BCUT2D eigenvalue weighted by atomic mass is 32.1. The summed E-state index contributed by atoms with van der Waals surface area (Å²) < 4.78 is 4.75. The molecular formula is C5H7N3O2S. The smallest absolute Gasteiger partial charge is 0.308 e. The van der Waals surface area contributed by atoms with Crippen LogP contribution in [0, 0.1) is 0 Å². The molecular weight excluding hydrogens is 166 g/mol. The Morgan fingerprint density at radius 1 is 1.91 bits per heavy atom. The zero-order valence-electron chi connectivity index (χ0n) is 5.83. The molecule has 6 heteroatoms. The summed E-state index contributed by atoms with van der Waals surface area (Å²) >= 11 is 1.21. The van der Waals surface area contributed by atoms with Crippen LogP contribution in [-0.2, 0) is 4.79 Å². The van der Waals surface area contributed by atoms with Crippen molar-refractivity contribution in [3.63, 3.8) is 0 Å². The van der Waals surface area contributed by atoms with Crippen molar-refractivity contribution in [1.82, 2.24) is 4.98 Å². The highest BCUT2D eigenvalue weighted by Gasteiger charge is 2.07. The molecule has 0 aromatic carbocycles. The third kappa shape index (κ3) is 1.89. The molecule has 0 aliphatic carbocycles. The van der Waals surface area contributed by atoms with Crippen LogP contribution in [0.2, 0.25) is 0 Å². The van der Waals surface area contributed by atoms with E-state index in [4.69, 9.17) is 10.6 Å². The third-order valence-corrected chi connectivity index (χ3v) is 1.61. The van der Waals surface area contributed by atoms with Gasteiger partial charge in [-0.25, -0.2) is 10.8 Å². The molecule has 1 rings (SSSR count). The van der Waals surface area contributed by atoms with Crippen LogP contribution in [0.4, 0.5) is 5.82 Å². The fourth-order valence-corrected chi connectivity index (χ4v) is 1.18. The van der Waals surface area contributed by atoms with Gasteiger partial charge in [-0.3, -0.25) is 4.79 Å². The molecule has 0 fully saturated rings. The maximum Gasteiger partial charge on any atom is 0.308 e. The Morgan fingerprint density at radius 3 is 3.18 bits per heavy atom. The van der Waals surface area contributed by atoms with Crippen molar-refractivity contribution in [1.29, 1.82) is 0 Å². The van der Waals surface area contributed by atoms with Crippen molar-refractivity contribution in [2.75, 3.05) is 5.43 Å². The molecule has 11 heavy (non-hydrogen) atoms. The number of rotatable bonds is 2. The first-order chi connectivity index (χ1) is 5.24. The van der Waals surface area contributed by atoms with E-state index in [2.05, 4.69) is 10.4 Å². The lowest BCUT2D eigenvalue weighted by Gasteiger charge is -1.98. The lowest BCUT2D eigenvalue weighted by molar-refractivity contribution is -0.131. The van der Waals surface area contributed by atoms with E-state index >= 15 is 0 Å². The second kappa shape index (κ2) is 3.31. The zero-order chi connectivity index (χ0) is 8.27. The van der Waals surface area contributed by atoms with Gasteiger partial charge in [-0.2, -0.15) is 0 Å². The number of hydrazine groups is 1. The van der Waals surface area contributed by atoms with Gasteiger partial charge in [0.25, 0.3) is 0 Å². The van der Waals surface area contributed by atoms with E-state index in [-0.39, 0.29) is 5.97 Å². The first-order valence-corrected chi connectivity index (χ1v) is 3.70. The second-order valence-electron chi connectivity index (χ2n) is 1.73. The third-order valence-electron chi connectivity index (χ3n) is 0.908. The van der Waals surface area contributed by atoms with Crippen LogP contribution >= 0.6 is 11.3 Å². The number of carbonyl (C=O) groups is 1. The van der Waals surface area contributed by atoms with Crippen LogP contribution in [0.25, 0.3) is 0 Å². The molecule has 0 atom stereocenters. The average molecular weight is 173 g/mol. The lowest BCUT2D eigenvalue weighted by Crippen LogP contribution is -2.09. The number of thiazole rings is 1. The average Bonchev–Trinajstić information content (AvgIpc) is 2.34. The zero-order valence-corrected chi connectivity index (χ0v) is 6.64. The number of anilines is 1. The highest BCUT2D eigenvalue weighted by molar-refractivity contribution is 7.12. The second-order valence-corrected chi connectivity index (χ2v) is 2.54. The van der Waals surface area contributed by atoms with Gasteiger partial charge in [0.05, 0.1) is 5.51 Å². The first kappa shape index (κ1) is 7.96. The molecule has 5 nitrogen and oxygen atoms in total. The van der Waals surface area contributed by atoms with Crippen molar-refractivity contribution < 1.29 is 9.53 Å². The standard InChI is InChI=1S/C5H7N3O2S/c1-3(9)10-5-4(8-6)7-2-11-5/h2,8H,6H2,1H3. The monoisotopic (exact) mass is 173 g/mol. The number of nitrogens with zero attached hydrogens (tertiary/aromatic N) is 1. The molecule has 3 N–H and O–H groups in total. The van der Waals surface area contributed by atoms with Gasteiger partial charge in [-0.05, 0) is 0 Å². The highest BCUT2D eigenvalue weighted by Crippen LogP contribution is 2.26. The van der Waals surface area contributed by atoms with E-state index in [1.807, 2.05) is 0 Å². The molecule has 0 amide bonds. The van der Waals surface area contributed by atoms with Gasteiger partial charge in [0.1, 0.15) is 0 Å². The molecule has 0 unspecified atom stereocenters. The number of hydrogen-bond acceptors (Lipinski definition) is 6. The molecule has 0 aliphatic rings. The van der Waals surface area contributed by atoms with Crippen LogP contribution in [0.15, 0.2) is 5.51 Å². The molecule has 0 saturated carbocycles. The molecule has 0 aliphatic heterocycles. The van der Waals surface area contributed by atoms with E-state index in [1.54, 1.807) is 0 Å². The van der Waals surface area contributed by atoms with Gasteiger partial charge in [0.2, 0.25) is 5.06 Å². The minimum absolute atomic E-state index is 0.380. The number of carbonyl (C=O) groups excluding carboxylic acids is 1. The van der Waals surface area contributed by atoms with Gasteiger partial charge >= 0.3 is 5.97 Å². The molecule has 1 heterocycles. The summed E-state index contributed by atoms with van der Waals surface area (Å²) in [5.74, 6) is 5.07. The van der Waals surface area contributed by atoms with Gasteiger partial charge in [-0.15, -0.1) is 0 Å². The first-order valence-electron chi connectivity index (χ1n) is 2.82. The van der Waals surface area contributed by atoms with Crippen LogP contribution in [-0.4, -0.2) is 11.0 Å². The van der Waals surface area contributed by atoms with Crippen LogP contribution in [0.3, 0.4) is 0 Å². The molecule has 1 aromatic rings. The summed E-state index contributed by atoms with van der Waals surface area (Å²) in [5, 5.41) is 0.389. The molecule has 1 aromatic heterocycles. The fraction of sp³-hybridized carbons (Fsp3) is 0.200. The summed E-state index contributed by atoms with van der Waals surface area (Å²) in [5.41, 5.74) is 3.84. The van der Waals surface area contributed by atoms with Gasteiger partial charge in [-0.1, -0.05) is 11.3 Å². The summed E-state index contributed by atoms with van der Waals surface area (Å²) in [7, 11) is 0. The normalized spacial score (nSPS) is 9.27. The molecule has 0 bridgehead atoms. The van der Waals surface area contributed by atoms with Crippen molar-refractivity contribution >= 4 is 23.1 Å².